The Bertz CT molecular complexity index is 577. The van der Waals surface area contributed by atoms with Crippen LogP contribution >= 0.6 is 0 Å². The van der Waals surface area contributed by atoms with Gasteiger partial charge in [0.05, 0.1) is 6.20 Å². The smallest absolute Gasteiger partial charge is 0.345 e. The number of carbonyl (C=O) groups is 1. The van der Waals surface area contributed by atoms with E-state index in [4.69, 9.17) is 0 Å². The minimum Gasteiger partial charge on any atom is -0.345 e. The van der Waals surface area contributed by atoms with Crippen LogP contribution in [-0.4, -0.2) is 34.0 Å². The highest BCUT2D eigenvalue weighted by molar-refractivity contribution is 5.90. The van der Waals surface area contributed by atoms with Gasteiger partial charge in [-0.25, -0.2) is 14.4 Å². The fraction of sp³-hybridized carbons (Fsp3) is 0.583. The zero-order chi connectivity index (χ0) is 15.2. The molecule has 2 bridgehead atoms. The van der Waals surface area contributed by atoms with Gasteiger partial charge >= 0.3 is 6.18 Å². The topological polar surface area (TPSA) is 66.9 Å². The number of fused-ring (bicyclic) bond motifs is 2. The second kappa shape index (κ2) is 4.90. The molecule has 3 heterocycles. The summed E-state index contributed by atoms with van der Waals surface area (Å²) in [6.07, 6.45) is -1.93. The molecule has 2 aliphatic rings. The number of halogens is 4. The predicted molar refractivity (Wildman–Crippen MR) is 62.8 cm³/mol. The zero-order valence-corrected chi connectivity index (χ0v) is 10.7. The van der Waals surface area contributed by atoms with Gasteiger partial charge in [-0.05, 0) is 19.3 Å². The second-order valence-corrected chi connectivity index (χ2v) is 5.25. The molecule has 0 aliphatic carbocycles. The lowest BCUT2D eigenvalue weighted by Gasteiger charge is -2.21. The molecule has 3 unspecified atom stereocenters. The van der Waals surface area contributed by atoms with Gasteiger partial charge in [-0.3, -0.25) is 4.79 Å². The molecular formula is C12H12F4N4O. The number of nitrogens with one attached hydrogen (secondary N) is 2. The molecule has 3 atom stereocenters. The molecular weight excluding hydrogens is 292 g/mol. The van der Waals surface area contributed by atoms with Crippen LogP contribution < -0.4 is 10.6 Å². The van der Waals surface area contributed by atoms with E-state index in [1.165, 1.54) is 0 Å². The monoisotopic (exact) mass is 304 g/mol. The molecule has 3 rings (SSSR count). The molecule has 0 radical (unpaired) electrons. The van der Waals surface area contributed by atoms with Crippen molar-refractivity contribution in [2.75, 3.05) is 0 Å². The molecule has 1 aromatic rings. The molecule has 1 aromatic heterocycles. The van der Waals surface area contributed by atoms with Crippen LogP contribution in [0.4, 0.5) is 17.6 Å². The van der Waals surface area contributed by atoms with Crippen molar-refractivity contribution < 1.29 is 22.4 Å². The predicted octanol–water partition coefficient (Wildman–Crippen LogP) is 1.26. The SMILES string of the molecule is O=C(NC1CC2CCC1N2)c1ncc(F)c(C(F)(F)F)n1. The maximum absolute atomic E-state index is 13.1. The Morgan fingerprint density at radius 1 is 1.38 bits per heavy atom. The van der Waals surface area contributed by atoms with Crippen LogP contribution in [0, 0.1) is 5.82 Å². The highest BCUT2D eigenvalue weighted by Crippen LogP contribution is 2.30. The number of rotatable bonds is 2. The Morgan fingerprint density at radius 2 is 2.14 bits per heavy atom. The van der Waals surface area contributed by atoms with Crippen LogP contribution in [0.5, 0.6) is 0 Å². The van der Waals surface area contributed by atoms with Crippen molar-refractivity contribution in [3.05, 3.63) is 23.5 Å². The van der Waals surface area contributed by atoms with Crippen molar-refractivity contribution in [3.63, 3.8) is 0 Å². The van der Waals surface area contributed by atoms with E-state index in [1.807, 2.05) is 0 Å². The minimum atomic E-state index is -4.96. The zero-order valence-electron chi connectivity index (χ0n) is 10.7. The van der Waals surface area contributed by atoms with Crippen molar-refractivity contribution >= 4 is 5.91 Å². The van der Waals surface area contributed by atoms with E-state index >= 15 is 0 Å². The van der Waals surface area contributed by atoms with Crippen LogP contribution in [0.15, 0.2) is 6.20 Å². The second-order valence-electron chi connectivity index (χ2n) is 5.25. The Labute approximate surface area is 117 Å². The van der Waals surface area contributed by atoms with E-state index in [1.54, 1.807) is 0 Å². The normalized spacial score (nSPS) is 27.9. The first-order chi connectivity index (χ1) is 9.84. The molecule has 0 aromatic carbocycles. The number of hydrogen-bond acceptors (Lipinski definition) is 4. The van der Waals surface area contributed by atoms with E-state index in [2.05, 4.69) is 20.6 Å². The Hall–Kier alpha value is -1.77. The number of carbonyl (C=O) groups excluding carboxylic acids is 1. The fourth-order valence-electron chi connectivity index (χ4n) is 2.89. The van der Waals surface area contributed by atoms with Gasteiger partial charge in [0.15, 0.2) is 11.5 Å². The lowest BCUT2D eigenvalue weighted by molar-refractivity contribution is -0.143. The Balaban J connectivity index is 1.76. The third kappa shape index (κ3) is 2.69. The van der Waals surface area contributed by atoms with E-state index in [9.17, 15) is 22.4 Å². The van der Waals surface area contributed by atoms with Crippen LogP contribution in [0.3, 0.4) is 0 Å². The third-order valence-electron chi connectivity index (χ3n) is 3.83. The number of amides is 1. The molecule has 0 saturated carbocycles. The Kier molecular flexibility index (Phi) is 3.31. The van der Waals surface area contributed by atoms with Crippen molar-refractivity contribution in [1.82, 2.24) is 20.6 Å². The Morgan fingerprint density at radius 3 is 2.71 bits per heavy atom. The quantitative estimate of drug-likeness (QED) is 0.807. The summed E-state index contributed by atoms with van der Waals surface area (Å²) in [7, 11) is 0. The van der Waals surface area contributed by atoms with Gasteiger partial charge in [-0.2, -0.15) is 13.2 Å². The fourth-order valence-corrected chi connectivity index (χ4v) is 2.89. The summed E-state index contributed by atoms with van der Waals surface area (Å²) in [5.74, 6) is -3.09. The lowest BCUT2D eigenvalue weighted by Crippen LogP contribution is -2.43. The third-order valence-corrected chi connectivity index (χ3v) is 3.83. The largest absolute Gasteiger partial charge is 0.436 e. The lowest BCUT2D eigenvalue weighted by atomic mass is 9.95. The van der Waals surface area contributed by atoms with E-state index < -0.39 is 29.4 Å². The molecule has 0 spiro atoms. The van der Waals surface area contributed by atoms with Gasteiger partial charge in [0.2, 0.25) is 5.82 Å². The minimum absolute atomic E-state index is 0.126. The van der Waals surface area contributed by atoms with Gasteiger partial charge in [0, 0.05) is 18.1 Å². The summed E-state index contributed by atoms with van der Waals surface area (Å²) in [5, 5.41) is 5.89. The van der Waals surface area contributed by atoms with Crippen molar-refractivity contribution in [3.8, 4) is 0 Å². The van der Waals surface area contributed by atoms with Gasteiger partial charge in [-0.1, -0.05) is 0 Å². The van der Waals surface area contributed by atoms with Gasteiger partial charge in [-0.15, -0.1) is 0 Å². The molecule has 1 amide bonds. The summed E-state index contributed by atoms with van der Waals surface area (Å²) in [6.45, 7) is 0. The highest BCUT2D eigenvalue weighted by atomic mass is 19.4. The van der Waals surface area contributed by atoms with Crippen LogP contribution in [0.1, 0.15) is 35.6 Å². The van der Waals surface area contributed by atoms with E-state index in [-0.39, 0.29) is 12.1 Å². The highest BCUT2D eigenvalue weighted by Gasteiger charge is 2.41. The van der Waals surface area contributed by atoms with Gasteiger partial charge in [0.25, 0.3) is 5.91 Å². The number of alkyl halides is 3. The van der Waals surface area contributed by atoms with Gasteiger partial charge < -0.3 is 10.6 Å². The molecule has 114 valence electrons. The molecule has 2 saturated heterocycles. The molecule has 2 aliphatic heterocycles. The summed E-state index contributed by atoms with van der Waals surface area (Å²) < 4.78 is 50.7. The van der Waals surface area contributed by atoms with Crippen LogP contribution in [0.2, 0.25) is 0 Å². The van der Waals surface area contributed by atoms with Gasteiger partial charge in [0.1, 0.15) is 0 Å². The molecule has 21 heavy (non-hydrogen) atoms. The van der Waals surface area contributed by atoms with Crippen molar-refractivity contribution in [2.45, 2.75) is 43.6 Å². The standard InChI is InChI=1S/C12H12F4N4O/c13-6-4-17-10(20-9(6)12(14,15)16)11(21)19-8-3-5-1-2-7(8)18-5/h4-5,7-8,18H,1-3H2,(H,19,21). The maximum Gasteiger partial charge on any atom is 0.436 e. The molecule has 9 heteroatoms. The summed E-state index contributed by atoms with van der Waals surface area (Å²) in [6, 6.07) is 0.306. The molecule has 2 N–H and O–H groups in total. The van der Waals surface area contributed by atoms with E-state index in [0.29, 0.717) is 12.2 Å². The first-order valence-electron chi connectivity index (χ1n) is 6.51. The summed E-state index contributed by atoms with van der Waals surface area (Å²) in [4.78, 5) is 18.3. The van der Waals surface area contributed by atoms with Crippen LogP contribution in [-0.2, 0) is 6.18 Å². The first-order valence-corrected chi connectivity index (χ1v) is 6.51. The average Bonchev–Trinajstić information content (AvgIpc) is 3.00. The van der Waals surface area contributed by atoms with E-state index in [0.717, 1.165) is 19.3 Å². The van der Waals surface area contributed by atoms with Crippen molar-refractivity contribution in [2.24, 2.45) is 0 Å². The summed E-state index contributed by atoms with van der Waals surface area (Å²) >= 11 is 0. The number of aromatic nitrogens is 2. The first kappa shape index (κ1) is 14.2. The maximum atomic E-state index is 13.1. The molecule has 2 fully saturated rings. The summed E-state index contributed by atoms with van der Waals surface area (Å²) in [5.41, 5.74) is -1.73. The number of nitrogens with zero attached hydrogens (tertiary/aromatic N) is 2. The average molecular weight is 304 g/mol. The van der Waals surface area contributed by atoms with Crippen molar-refractivity contribution in [1.29, 1.82) is 0 Å². The van der Waals surface area contributed by atoms with Crippen LogP contribution in [0.25, 0.3) is 0 Å². The number of hydrogen-bond donors (Lipinski definition) is 2. The molecule has 5 nitrogen and oxygen atoms in total.